The average Bonchev–Trinajstić information content (AvgIpc) is 3.34. The smallest absolute Gasteiger partial charge is 0.407 e. The third-order valence-electron chi connectivity index (χ3n) is 7.62. The first-order valence-corrected chi connectivity index (χ1v) is 12.4. The second kappa shape index (κ2) is 10.5. The summed E-state index contributed by atoms with van der Waals surface area (Å²) >= 11 is 0. The number of unbranched alkanes of at least 4 members (excludes halogenated alkanes) is 2. The maximum atomic E-state index is 12.5. The van der Waals surface area contributed by atoms with E-state index in [1.165, 1.54) is 22.3 Å². The van der Waals surface area contributed by atoms with Gasteiger partial charge in [0.1, 0.15) is 6.61 Å². The molecule has 7 heteroatoms. The number of carbonyl (C=O) groups is 3. The first kappa shape index (κ1) is 24.8. The largest absolute Gasteiger partial charge is 0.481 e. The molecule has 2 aromatic carbocycles. The van der Waals surface area contributed by atoms with Crippen molar-refractivity contribution in [3.05, 3.63) is 59.7 Å². The van der Waals surface area contributed by atoms with Crippen molar-refractivity contribution in [2.45, 2.75) is 45.4 Å². The number of ether oxygens (including phenoxy) is 1. The molecular weight excluding hydrogens is 444 g/mol. The highest BCUT2D eigenvalue weighted by molar-refractivity contribution is 5.81. The molecule has 7 nitrogen and oxygen atoms in total. The van der Waals surface area contributed by atoms with Crippen LogP contribution in [0, 0.1) is 11.3 Å². The van der Waals surface area contributed by atoms with Crippen molar-refractivity contribution in [3.63, 3.8) is 0 Å². The van der Waals surface area contributed by atoms with Gasteiger partial charge < -0.3 is 20.1 Å². The lowest BCUT2D eigenvalue weighted by Crippen LogP contribution is -2.36. The molecule has 4 rings (SSSR count). The molecule has 0 aromatic heterocycles. The van der Waals surface area contributed by atoms with Gasteiger partial charge in [-0.25, -0.2) is 4.79 Å². The number of carboxylic acids is 1. The van der Waals surface area contributed by atoms with E-state index in [9.17, 15) is 19.5 Å². The number of hydrogen-bond acceptors (Lipinski definition) is 4. The summed E-state index contributed by atoms with van der Waals surface area (Å²) < 4.78 is 5.54. The zero-order valence-electron chi connectivity index (χ0n) is 20.5. The molecule has 1 aliphatic heterocycles. The van der Waals surface area contributed by atoms with Gasteiger partial charge in [-0.15, -0.1) is 0 Å². The lowest BCUT2D eigenvalue weighted by Gasteiger charge is -2.22. The summed E-state index contributed by atoms with van der Waals surface area (Å²) in [6, 6.07) is 16.5. The molecule has 1 heterocycles. The number of alkyl carbamates (subject to hydrolysis) is 1. The second-order valence-electron chi connectivity index (χ2n) is 9.96. The third kappa shape index (κ3) is 5.19. The van der Waals surface area contributed by atoms with Crippen molar-refractivity contribution in [2.75, 3.05) is 26.2 Å². The van der Waals surface area contributed by atoms with Gasteiger partial charge in [-0.2, -0.15) is 0 Å². The van der Waals surface area contributed by atoms with Gasteiger partial charge in [0.15, 0.2) is 0 Å². The monoisotopic (exact) mass is 478 g/mol. The van der Waals surface area contributed by atoms with Crippen molar-refractivity contribution >= 4 is 18.0 Å². The Morgan fingerprint density at radius 1 is 1.03 bits per heavy atom. The Morgan fingerprint density at radius 2 is 1.66 bits per heavy atom. The Hall–Kier alpha value is -3.35. The average molecular weight is 479 g/mol. The van der Waals surface area contributed by atoms with Gasteiger partial charge >= 0.3 is 12.1 Å². The third-order valence-corrected chi connectivity index (χ3v) is 7.62. The van der Waals surface area contributed by atoms with Crippen LogP contribution in [0.1, 0.15) is 56.6 Å². The molecular formula is C28H34N2O5. The Balaban J connectivity index is 1.14. The molecule has 2 N–H and O–H groups in total. The number of carboxylic acid groups (broad SMARTS) is 1. The van der Waals surface area contributed by atoms with Gasteiger partial charge in [-0.1, -0.05) is 61.9 Å². The lowest BCUT2D eigenvalue weighted by molar-refractivity contribution is -0.149. The van der Waals surface area contributed by atoms with Gasteiger partial charge in [0.2, 0.25) is 5.91 Å². The lowest BCUT2D eigenvalue weighted by atomic mass is 9.81. The summed E-state index contributed by atoms with van der Waals surface area (Å²) in [5.41, 5.74) is 3.89. The highest BCUT2D eigenvalue weighted by Crippen LogP contribution is 2.44. The number of carbonyl (C=O) groups excluding carboxylic acids is 2. The molecule has 0 bridgehead atoms. The van der Waals surface area contributed by atoms with Crippen LogP contribution < -0.4 is 5.32 Å². The highest BCUT2D eigenvalue weighted by Gasteiger charge is 2.47. The number of benzene rings is 2. The van der Waals surface area contributed by atoms with E-state index < -0.39 is 17.5 Å². The van der Waals surface area contributed by atoms with Gasteiger partial charge in [0.25, 0.3) is 0 Å². The van der Waals surface area contributed by atoms with Gasteiger partial charge in [0, 0.05) is 32.0 Å². The predicted octanol–water partition coefficient (Wildman–Crippen LogP) is 4.65. The van der Waals surface area contributed by atoms with E-state index >= 15 is 0 Å². The summed E-state index contributed by atoms with van der Waals surface area (Å²) in [5, 5.41) is 12.3. The second-order valence-corrected chi connectivity index (χ2v) is 9.96. The zero-order chi connectivity index (χ0) is 25.0. The van der Waals surface area contributed by atoms with Crippen LogP contribution in [0.5, 0.6) is 0 Å². The normalized spacial score (nSPS) is 20.9. The van der Waals surface area contributed by atoms with E-state index in [0.29, 0.717) is 25.9 Å². The number of rotatable bonds is 9. The molecule has 0 radical (unpaired) electrons. The molecule has 2 aromatic rings. The SMILES string of the molecule is C[C@@H]1CN(C(=O)CCCCCNC(=O)OCC2c3ccccc3-c3ccccc32)C[C@@]1(C)C(=O)O. The molecule has 0 unspecified atom stereocenters. The van der Waals surface area contributed by atoms with E-state index in [1.54, 1.807) is 11.8 Å². The van der Waals surface area contributed by atoms with E-state index in [1.807, 2.05) is 31.2 Å². The topological polar surface area (TPSA) is 95.9 Å². The Kier molecular flexibility index (Phi) is 7.43. The maximum Gasteiger partial charge on any atom is 0.407 e. The van der Waals surface area contributed by atoms with Crippen LogP contribution >= 0.6 is 0 Å². The summed E-state index contributed by atoms with van der Waals surface area (Å²) in [7, 11) is 0. The van der Waals surface area contributed by atoms with E-state index in [2.05, 4.69) is 29.6 Å². The molecule has 1 aliphatic carbocycles. The quantitative estimate of drug-likeness (QED) is 0.511. The standard InChI is InChI=1S/C28H34N2O5/c1-19-16-30(18-28(19,2)26(32)33)25(31)14-4-3-9-15-29-27(34)35-17-24-22-12-7-5-10-20(22)21-11-6-8-13-23(21)24/h5-8,10-13,19,24H,3-4,9,14-18H2,1-2H3,(H,29,34)(H,32,33)/t19-,28-/m1/s1. The molecule has 35 heavy (non-hydrogen) atoms. The molecule has 186 valence electrons. The molecule has 1 fully saturated rings. The van der Waals surface area contributed by atoms with E-state index in [4.69, 9.17) is 4.74 Å². The van der Waals surface area contributed by atoms with E-state index in [0.717, 1.165) is 12.8 Å². The number of likely N-dealkylation sites (tertiary alicyclic amines) is 1. The molecule has 0 saturated carbocycles. The molecule has 2 amide bonds. The first-order valence-electron chi connectivity index (χ1n) is 12.4. The number of nitrogens with one attached hydrogen (secondary N) is 1. The van der Waals surface area contributed by atoms with Crippen LogP contribution in [-0.2, 0) is 14.3 Å². The minimum absolute atomic E-state index is 0.00585. The molecule has 2 aliphatic rings. The number of hydrogen-bond donors (Lipinski definition) is 2. The fraction of sp³-hybridized carbons (Fsp3) is 0.464. The Morgan fingerprint density at radius 3 is 2.26 bits per heavy atom. The summed E-state index contributed by atoms with van der Waals surface area (Å²) in [4.78, 5) is 37.9. The van der Waals surface area contributed by atoms with Crippen molar-refractivity contribution in [2.24, 2.45) is 11.3 Å². The zero-order valence-corrected chi connectivity index (χ0v) is 20.5. The maximum absolute atomic E-state index is 12.5. The van der Waals surface area contributed by atoms with Gasteiger partial charge in [-0.05, 0) is 47.9 Å². The van der Waals surface area contributed by atoms with Crippen molar-refractivity contribution < 1.29 is 24.2 Å². The van der Waals surface area contributed by atoms with Gasteiger partial charge in [-0.3, -0.25) is 9.59 Å². The minimum atomic E-state index is -0.872. The molecule has 1 saturated heterocycles. The van der Waals surface area contributed by atoms with Crippen LogP contribution in [-0.4, -0.2) is 54.2 Å². The van der Waals surface area contributed by atoms with Crippen LogP contribution in [0.15, 0.2) is 48.5 Å². The number of amides is 2. The minimum Gasteiger partial charge on any atom is -0.481 e. The molecule has 2 atom stereocenters. The first-order chi connectivity index (χ1) is 16.8. The molecule has 0 spiro atoms. The van der Waals surface area contributed by atoms with Crippen LogP contribution in [0.3, 0.4) is 0 Å². The van der Waals surface area contributed by atoms with Crippen LogP contribution in [0.2, 0.25) is 0 Å². The fourth-order valence-electron chi connectivity index (χ4n) is 5.19. The van der Waals surface area contributed by atoms with E-state index in [-0.39, 0.29) is 30.9 Å². The number of nitrogens with zero attached hydrogens (tertiary/aromatic N) is 1. The van der Waals surface area contributed by atoms with Crippen molar-refractivity contribution in [1.29, 1.82) is 0 Å². The summed E-state index contributed by atoms with van der Waals surface area (Å²) in [6.45, 7) is 5.13. The number of fused-ring (bicyclic) bond motifs is 3. The van der Waals surface area contributed by atoms with Gasteiger partial charge in [0.05, 0.1) is 5.41 Å². The van der Waals surface area contributed by atoms with Crippen LogP contribution in [0.25, 0.3) is 11.1 Å². The van der Waals surface area contributed by atoms with Crippen LogP contribution in [0.4, 0.5) is 4.79 Å². The van der Waals surface area contributed by atoms with Crippen molar-refractivity contribution in [3.8, 4) is 11.1 Å². The Labute approximate surface area is 206 Å². The predicted molar refractivity (Wildman–Crippen MR) is 133 cm³/mol. The Bertz CT molecular complexity index is 1050. The summed E-state index contributed by atoms with van der Waals surface area (Å²) in [6.07, 6.45) is 2.23. The van der Waals surface area contributed by atoms with Crippen molar-refractivity contribution in [1.82, 2.24) is 10.2 Å². The summed E-state index contributed by atoms with van der Waals surface area (Å²) in [5.74, 6) is -0.869. The fourth-order valence-corrected chi connectivity index (χ4v) is 5.19. The number of aliphatic carboxylic acids is 1. The highest BCUT2D eigenvalue weighted by atomic mass is 16.5.